The molecule has 0 atom stereocenters. The second-order valence-electron chi connectivity index (χ2n) is 0.597. The first-order valence-electron chi connectivity index (χ1n) is 1.19. The van der Waals surface area contributed by atoms with Crippen molar-refractivity contribution >= 4 is 45.6 Å². The molecule has 6 nitrogen and oxygen atoms in total. The molecule has 0 aliphatic rings. The average Bonchev–Trinajstić information content (AvgIpc) is 1.27. The van der Waals surface area contributed by atoms with E-state index in [2.05, 4.69) is 0 Å². The zero-order valence-corrected chi connectivity index (χ0v) is 5.97. The Morgan fingerprint density at radius 3 is 1.11 bits per heavy atom. The Morgan fingerprint density at radius 2 is 1.11 bits per heavy atom. The van der Waals surface area contributed by atoms with Crippen molar-refractivity contribution in [2.75, 3.05) is 0 Å². The fourth-order valence-corrected chi connectivity index (χ4v) is 0. The first-order chi connectivity index (χ1) is 3.41. The summed E-state index contributed by atoms with van der Waals surface area (Å²) < 4.78 is 25.9. The summed E-state index contributed by atoms with van der Waals surface area (Å²) >= 11 is -2.00. The summed E-state index contributed by atoms with van der Waals surface area (Å²) in [7, 11) is -4.64. The molecule has 9 heteroatoms. The van der Waals surface area contributed by atoms with E-state index in [0.29, 0.717) is 0 Å². The van der Waals surface area contributed by atoms with Crippen molar-refractivity contribution in [2.45, 2.75) is 0 Å². The quantitative estimate of drug-likeness (QED) is 0.319. The molecule has 0 aromatic carbocycles. The first kappa shape index (κ1) is 17.0. The van der Waals surface area contributed by atoms with Crippen molar-refractivity contribution in [1.29, 1.82) is 0 Å². The van der Waals surface area contributed by atoms with E-state index in [1.165, 1.54) is 0 Å². The van der Waals surface area contributed by atoms with Crippen molar-refractivity contribution in [3.63, 3.8) is 0 Å². The third-order valence-corrected chi connectivity index (χ3v) is 0. The molecule has 0 rings (SSSR count). The molecule has 0 bridgehead atoms. The van der Waals surface area contributed by atoms with E-state index >= 15 is 0 Å². The summed E-state index contributed by atoms with van der Waals surface area (Å²) in [6.45, 7) is 0. The van der Waals surface area contributed by atoms with E-state index in [1.807, 2.05) is 0 Å². The molecule has 0 aliphatic heterocycles. The Hall–Kier alpha value is 1.68. The minimum absolute atomic E-state index is 0. The van der Waals surface area contributed by atoms with Gasteiger partial charge >= 0.3 is 71.3 Å². The molecule has 0 heterocycles. The van der Waals surface area contributed by atoms with E-state index in [4.69, 9.17) is 25.9 Å². The van der Waals surface area contributed by atoms with Gasteiger partial charge in [0.1, 0.15) is 0 Å². The zero-order chi connectivity index (χ0) is 7.21. The minimum atomic E-state index is -4.64. The van der Waals surface area contributed by atoms with Gasteiger partial charge < -0.3 is 14.7 Å². The predicted molar refractivity (Wildman–Crippen MR) is 24.2 cm³/mol. The molecule has 0 unspecified atom stereocenters. The van der Waals surface area contributed by atoms with Crippen LogP contribution in [0.1, 0.15) is 0 Å². The van der Waals surface area contributed by atoms with Crippen LogP contribution < -0.4 is 0 Å². The van der Waals surface area contributed by atoms with Gasteiger partial charge in [-0.05, 0) is 0 Å². The maximum atomic E-state index is 8.88. The van der Waals surface area contributed by atoms with Crippen LogP contribution in [0.3, 0.4) is 0 Å². The van der Waals surface area contributed by atoms with Gasteiger partial charge in [-0.1, -0.05) is 0 Å². The normalized spacial score (nSPS) is 7.44. The predicted octanol–water partition coefficient (Wildman–Crippen LogP) is -2.08. The molecule has 0 aliphatic carbocycles. The molecule has 9 heavy (non-hydrogen) atoms. The van der Waals surface area contributed by atoms with Crippen LogP contribution in [-0.2, 0) is 30.3 Å². The van der Waals surface area contributed by atoms with Gasteiger partial charge in [0.15, 0.2) is 0 Å². The van der Waals surface area contributed by atoms with Crippen LogP contribution in [0.15, 0.2) is 0 Å². The molecular weight excluding hydrogens is 215 g/mol. The summed E-state index contributed by atoms with van der Waals surface area (Å²) in [6.07, 6.45) is 0. The van der Waals surface area contributed by atoms with Gasteiger partial charge in [0.2, 0.25) is 0 Å². The van der Waals surface area contributed by atoms with Crippen molar-refractivity contribution in [2.24, 2.45) is 0 Å². The van der Waals surface area contributed by atoms with E-state index in [1.54, 1.807) is 0 Å². The number of phosphoric acid groups is 1. The second kappa shape index (κ2) is 9.68. The van der Waals surface area contributed by atoms with Gasteiger partial charge in [-0.3, -0.25) is 0 Å². The van der Waals surface area contributed by atoms with Gasteiger partial charge in [0, 0.05) is 0 Å². The summed E-state index contributed by atoms with van der Waals surface area (Å²) in [5, 5.41) is 0. The Balaban J connectivity index is -0.0000000800. The number of hydrogen-bond acceptors (Lipinski definition) is 3. The Morgan fingerprint density at radius 1 is 1.11 bits per heavy atom. The fourth-order valence-electron chi connectivity index (χ4n) is 0. The summed E-state index contributed by atoms with van der Waals surface area (Å²) in [5.74, 6) is 0. The molecule has 0 saturated carbocycles. The second-order valence-corrected chi connectivity index (χ2v) is 1.88. The van der Waals surface area contributed by atoms with Crippen molar-refractivity contribution in [1.82, 2.24) is 0 Å². The monoisotopic (exact) mass is 220 g/mol. The van der Waals surface area contributed by atoms with Crippen LogP contribution in [0.25, 0.3) is 0 Å². The Bertz CT molecular complexity index is 111. The van der Waals surface area contributed by atoms with Crippen LogP contribution in [-0.4, -0.2) is 52.4 Å². The summed E-state index contributed by atoms with van der Waals surface area (Å²) in [4.78, 5) is 21.6. The van der Waals surface area contributed by atoms with Gasteiger partial charge in [0.25, 0.3) is 0 Å². The third kappa shape index (κ3) is 202. The van der Waals surface area contributed by atoms with Gasteiger partial charge in [-0.15, -0.1) is 0 Å². The van der Waals surface area contributed by atoms with Gasteiger partial charge in [-0.25, -0.2) is 4.57 Å². The summed E-state index contributed by atoms with van der Waals surface area (Å²) in [6, 6.07) is 0. The fraction of sp³-hybridized carbons (Fsp3) is 0. The number of rotatable bonds is 0. The van der Waals surface area contributed by atoms with E-state index in [-0.39, 0.29) is 37.7 Å². The van der Waals surface area contributed by atoms with Gasteiger partial charge in [0.05, 0.1) is 0 Å². The van der Waals surface area contributed by atoms with Crippen molar-refractivity contribution in [3.8, 4) is 0 Å². The topological polar surface area (TPSA) is 112 Å². The van der Waals surface area contributed by atoms with E-state index in [0.717, 1.165) is 0 Å². The van der Waals surface area contributed by atoms with Crippen LogP contribution in [0, 0.1) is 0 Å². The zero-order valence-electron chi connectivity index (χ0n) is 3.51. The van der Waals surface area contributed by atoms with Crippen LogP contribution >= 0.6 is 7.82 Å². The Kier molecular flexibility index (Phi) is 18.3. The molecule has 0 aromatic rings. The standard InChI is InChI=1S/Ca.H3O4P.2O.Ti.2H/c;1-5(2,3)4;;;;;/h;(H3,1,2,3,4);;;;;. The van der Waals surface area contributed by atoms with Gasteiger partial charge in [-0.2, -0.15) is 0 Å². The van der Waals surface area contributed by atoms with Crippen molar-refractivity contribution < 1.29 is 45.0 Å². The van der Waals surface area contributed by atoms with Crippen LogP contribution in [0.5, 0.6) is 0 Å². The number of hydrogen-bond donors (Lipinski definition) is 3. The molecule has 0 radical (unpaired) electrons. The molecule has 0 spiro atoms. The SMILES string of the molecule is O=P(O)(O)O.[CaH2].[O]=[Ti]=[O]. The van der Waals surface area contributed by atoms with E-state index < -0.39 is 26.9 Å². The van der Waals surface area contributed by atoms with E-state index in [9.17, 15) is 0 Å². The molecular formula is H5CaO6PTi. The summed E-state index contributed by atoms with van der Waals surface area (Å²) in [5.41, 5.74) is 0. The molecule has 0 aromatic heterocycles. The Labute approximate surface area is 89.5 Å². The molecule has 0 fully saturated rings. The molecule has 0 saturated heterocycles. The molecule has 3 N–H and O–H groups in total. The van der Waals surface area contributed by atoms with Crippen LogP contribution in [0.2, 0.25) is 0 Å². The molecule has 0 amide bonds. The first-order valence-corrected chi connectivity index (χ1v) is 4.03. The molecule has 52 valence electrons. The average molecular weight is 220 g/mol. The van der Waals surface area contributed by atoms with Crippen LogP contribution in [0.4, 0.5) is 0 Å². The third-order valence-electron chi connectivity index (χ3n) is 0. The van der Waals surface area contributed by atoms with Crippen molar-refractivity contribution in [3.05, 3.63) is 0 Å². The maximum absolute atomic E-state index is 8.88.